The maximum absolute atomic E-state index is 12.9. The average molecular weight is 365 g/mol. The van der Waals surface area contributed by atoms with Crippen molar-refractivity contribution in [1.82, 2.24) is 14.9 Å². The molecule has 0 aliphatic rings. The molecule has 6 nitrogen and oxygen atoms in total. The molecule has 9 heteroatoms. The van der Waals surface area contributed by atoms with E-state index in [1.807, 2.05) is 0 Å². The number of sulfonamides is 1. The standard InChI is InChI=1S/C16H13F2N3O3S/c17-13-5-1-11(2-6-13)10-25(22,23)19-9-15-20-16(21-24-15)12-3-7-14(18)8-4-12/h1-8,19H,9-10H2. The fourth-order valence-electron chi connectivity index (χ4n) is 2.07. The van der Waals surface area contributed by atoms with E-state index >= 15 is 0 Å². The van der Waals surface area contributed by atoms with Crippen molar-refractivity contribution in [3.8, 4) is 11.4 Å². The van der Waals surface area contributed by atoms with Crippen molar-refractivity contribution < 1.29 is 21.7 Å². The molecule has 0 saturated heterocycles. The lowest BCUT2D eigenvalue weighted by molar-refractivity contribution is 0.376. The van der Waals surface area contributed by atoms with Crippen molar-refractivity contribution in [3.63, 3.8) is 0 Å². The van der Waals surface area contributed by atoms with E-state index in [2.05, 4.69) is 14.9 Å². The Bertz CT molecular complexity index is 955. The van der Waals surface area contributed by atoms with Crippen LogP contribution in [0.3, 0.4) is 0 Å². The molecule has 25 heavy (non-hydrogen) atoms. The first-order chi connectivity index (χ1) is 11.9. The van der Waals surface area contributed by atoms with Crippen LogP contribution in [-0.4, -0.2) is 18.6 Å². The largest absolute Gasteiger partial charge is 0.338 e. The Balaban J connectivity index is 1.63. The monoisotopic (exact) mass is 365 g/mol. The summed E-state index contributed by atoms with van der Waals surface area (Å²) in [6.07, 6.45) is 0. The molecule has 0 atom stereocenters. The number of nitrogens with zero attached hydrogens (tertiary/aromatic N) is 2. The number of rotatable bonds is 6. The fraction of sp³-hybridized carbons (Fsp3) is 0.125. The minimum atomic E-state index is -3.66. The summed E-state index contributed by atoms with van der Waals surface area (Å²) in [4.78, 5) is 4.06. The third-order valence-corrected chi connectivity index (χ3v) is 4.58. The van der Waals surface area contributed by atoms with Crippen molar-refractivity contribution in [2.45, 2.75) is 12.3 Å². The Labute approximate surface area is 142 Å². The summed E-state index contributed by atoms with van der Waals surface area (Å²) in [6, 6.07) is 10.7. The molecule has 0 radical (unpaired) electrons. The fourth-order valence-corrected chi connectivity index (χ4v) is 3.14. The van der Waals surface area contributed by atoms with E-state index in [4.69, 9.17) is 4.52 Å². The van der Waals surface area contributed by atoms with Crippen molar-refractivity contribution in [3.05, 3.63) is 71.6 Å². The Morgan fingerprint density at radius 3 is 2.20 bits per heavy atom. The van der Waals surface area contributed by atoms with Crippen LogP contribution in [0.4, 0.5) is 8.78 Å². The quantitative estimate of drug-likeness (QED) is 0.726. The van der Waals surface area contributed by atoms with Gasteiger partial charge in [-0.25, -0.2) is 21.9 Å². The lowest BCUT2D eigenvalue weighted by Gasteiger charge is -2.04. The second-order valence-corrected chi connectivity index (χ2v) is 7.03. The molecule has 1 N–H and O–H groups in total. The van der Waals surface area contributed by atoms with E-state index in [1.54, 1.807) is 0 Å². The Hall–Kier alpha value is -2.65. The first-order valence-electron chi connectivity index (χ1n) is 7.22. The molecular weight excluding hydrogens is 352 g/mol. The molecule has 0 unspecified atom stereocenters. The average Bonchev–Trinajstić information content (AvgIpc) is 3.05. The second-order valence-electron chi connectivity index (χ2n) is 5.23. The summed E-state index contributed by atoms with van der Waals surface area (Å²) < 4.78 is 57.1. The first kappa shape index (κ1) is 17.2. The van der Waals surface area contributed by atoms with Gasteiger partial charge in [-0.3, -0.25) is 0 Å². The van der Waals surface area contributed by atoms with Crippen LogP contribution >= 0.6 is 0 Å². The van der Waals surface area contributed by atoms with Gasteiger partial charge >= 0.3 is 0 Å². The van der Waals surface area contributed by atoms with Crippen LogP contribution in [0.25, 0.3) is 11.4 Å². The topological polar surface area (TPSA) is 85.1 Å². The molecule has 1 aromatic heterocycles. The summed E-state index contributed by atoms with van der Waals surface area (Å²) in [5.74, 6) is -0.823. The summed E-state index contributed by atoms with van der Waals surface area (Å²) in [5.41, 5.74) is 0.997. The molecule has 2 aromatic carbocycles. The predicted molar refractivity (Wildman–Crippen MR) is 85.6 cm³/mol. The summed E-state index contributed by atoms with van der Waals surface area (Å²) in [7, 11) is -3.66. The van der Waals surface area contributed by atoms with Crippen LogP contribution in [0, 0.1) is 11.6 Å². The van der Waals surface area contributed by atoms with Crippen molar-refractivity contribution in [2.24, 2.45) is 0 Å². The number of nitrogens with one attached hydrogen (secondary N) is 1. The normalized spacial score (nSPS) is 11.6. The molecule has 0 amide bonds. The van der Waals surface area contributed by atoms with Crippen LogP contribution in [0.1, 0.15) is 11.5 Å². The van der Waals surface area contributed by atoms with Gasteiger partial charge in [-0.15, -0.1) is 0 Å². The second kappa shape index (κ2) is 7.08. The highest BCUT2D eigenvalue weighted by Crippen LogP contribution is 2.16. The van der Waals surface area contributed by atoms with E-state index in [1.165, 1.54) is 48.5 Å². The van der Waals surface area contributed by atoms with Gasteiger partial charge in [0.2, 0.25) is 21.7 Å². The Kier molecular flexibility index (Phi) is 4.86. The van der Waals surface area contributed by atoms with Crippen LogP contribution in [0.2, 0.25) is 0 Å². The van der Waals surface area contributed by atoms with Crippen LogP contribution < -0.4 is 4.72 Å². The molecule has 3 rings (SSSR count). The minimum absolute atomic E-state index is 0.0713. The smallest absolute Gasteiger partial charge is 0.242 e. The van der Waals surface area contributed by atoms with Crippen LogP contribution in [0.5, 0.6) is 0 Å². The molecule has 130 valence electrons. The highest BCUT2D eigenvalue weighted by molar-refractivity contribution is 7.88. The predicted octanol–water partition coefficient (Wildman–Crippen LogP) is 2.63. The van der Waals surface area contributed by atoms with Gasteiger partial charge in [0.05, 0.1) is 12.3 Å². The van der Waals surface area contributed by atoms with Gasteiger partial charge in [-0.05, 0) is 42.0 Å². The van der Waals surface area contributed by atoms with Gasteiger partial charge in [0.1, 0.15) is 11.6 Å². The van der Waals surface area contributed by atoms with E-state index in [0.717, 1.165) is 0 Å². The number of hydrogen-bond acceptors (Lipinski definition) is 5. The van der Waals surface area contributed by atoms with E-state index in [-0.39, 0.29) is 29.8 Å². The first-order valence-corrected chi connectivity index (χ1v) is 8.87. The van der Waals surface area contributed by atoms with Gasteiger partial charge in [-0.1, -0.05) is 17.3 Å². The molecule has 0 bridgehead atoms. The number of halogens is 2. The third-order valence-electron chi connectivity index (χ3n) is 3.28. The minimum Gasteiger partial charge on any atom is -0.338 e. The maximum atomic E-state index is 12.9. The van der Waals surface area contributed by atoms with E-state index in [0.29, 0.717) is 11.1 Å². The molecule has 0 saturated carbocycles. The van der Waals surface area contributed by atoms with Gasteiger partial charge in [0.15, 0.2) is 0 Å². The SMILES string of the molecule is O=S(=O)(Cc1ccc(F)cc1)NCc1nc(-c2ccc(F)cc2)no1. The summed E-state index contributed by atoms with van der Waals surface area (Å²) >= 11 is 0. The van der Waals surface area contributed by atoms with Crippen LogP contribution in [0.15, 0.2) is 53.1 Å². The van der Waals surface area contributed by atoms with Gasteiger partial charge < -0.3 is 4.52 Å². The summed E-state index contributed by atoms with van der Waals surface area (Å²) in [5, 5.41) is 3.73. The van der Waals surface area contributed by atoms with E-state index in [9.17, 15) is 17.2 Å². The number of benzene rings is 2. The molecule has 0 fully saturated rings. The number of aromatic nitrogens is 2. The van der Waals surface area contributed by atoms with Crippen LogP contribution in [-0.2, 0) is 22.3 Å². The molecule has 0 aliphatic carbocycles. The lowest BCUT2D eigenvalue weighted by atomic mass is 10.2. The molecule has 1 heterocycles. The van der Waals surface area contributed by atoms with Gasteiger partial charge in [0.25, 0.3) is 0 Å². The summed E-state index contributed by atoms with van der Waals surface area (Å²) in [6.45, 7) is -0.183. The zero-order valence-electron chi connectivity index (χ0n) is 12.8. The van der Waals surface area contributed by atoms with Crippen molar-refractivity contribution in [1.29, 1.82) is 0 Å². The molecular formula is C16H13F2N3O3S. The number of hydrogen-bond donors (Lipinski definition) is 1. The van der Waals surface area contributed by atoms with Crippen molar-refractivity contribution >= 4 is 10.0 Å². The molecule has 3 aromatic rings. The zero-order chi connectivity index (χ0) is 17.9. The highest BCUT2D eigenvalue weighted by Gasteiger charge is 2.15. The third kappa shape index (κ3) is 4.68. The Morgan fingerprint density at radius 2 is 1.56 bits per heavy atom. The molecule has 0 aliphatic heterocycles. The van der Waals surface area contributed by atoms with Gasteiger partial charge in [0, 0.05) is 5.56 Å². The molecule has 0 spiro atoms. The lowest BCUT2D eigenvalue weighted by Crippen LogP contribution is -2.24. The van der Waals surface area contributed by atoms with Gasteiger partial charge in [-0.2, -0.15) is 4.98 Å². The maximum Gasteiger partial charge on any atom is 0.242 e. The Morgan fingerprint density at radius 1 is 0.960 bits per heavy atom. The zero-order valence-corrected chi connectivity index (χ0v) is 13.6. The highest BCUT2D eigenvalue weighted by atomic mass is 32.2. The van der Waals surface area contributed by atoms with Crippen molar-refractivity contribution in [2.75, 3.05) is 0 Å². The van der Waals surface area contributed by atoms with E-state index < -0.39 is 15.8 Å².